The summed E-state index contributed by atoms with van der Waals surface area (Å²) in [6.07, 6.45) is 1.96. The number of carbonyl (C=O) groups is 2. The largest absolute Gasteiger partial charge is 0.468 e. The molecule has 0 saturated heterocycles. The minimum Gasteiger partial charge on any atom is -0.468 e. The number of fused-ring (bicyclic) bond motifs is 3. The van der Waals surface area contributed by atoms with E-state index < -0.39 is 5.97 Å². The third-order valence-electron chi connectivity index (χ3n) is 4.16. The average Bonchev–Trinajstić information content (AvgIpc) is 2.96. The van der Waals surface area contributed by atoms with Crippen LogP contribution in [0.2, 0.25) is 0 Å². The van der Waals surface area contributed by atoms with Crippen molar-refractivity contribution in [1.82, 2.24) is 5.32 Å². The quantitative estimate of drug-likeness (QED) is 0.881. The summed E-state index contributed by atoms with van der Waals surface area (Å²) in [6, 6.07) is 6.36. The molecule has 0 radical (unpaired) electrons. The van der Waals surface area contributed by atoms with E-state index >= 15 is 0 Å². The van der Waals surface area contributed by atoms with Gasteiger partial charge in [-0.1, -0.05) is 17.7 Å². The fraction of sp³-hybridized carbons (Fsp3) is 0.333. The standard InChI is InChI=1S/C18H19NO3S/c1-10-6-11(2)13-5-4-12-8-15(23-17(12)14(13)7-10)18(21)19-9-16(20)22-3/h6-8H,4-5,9H2,1-3H3,(H,19,21). The van der Waals surface area contributed by atoms with E-state index in [2.05, 4.69) is 36.0 Å². The summed E-state index contributed by atoms with van der Waals surface area (Å²) < 4.78 is 4.54. The van der Waals surface area contributed by atoms with Crippen LogP contribution in [0.15, 0.2) is 18.2 Å². The van der Waals surface area contributed by atoms with Crippen molar-refractivity contribution in [3.63, 3.8) is 0 Å². The minimum atomic E-state index is -0.448. The Bertz CT molecular complexity index is 792. The molecule has 1 heterocycles. The number of aryl methyl sites for hydroxylation is 3. The molecule has 0 spiro atoms. The molecule has 2 aromatic rings. The Balaban J connectivity index is 1.91. The van der Waals surface area contributed by atoms with Crippen molar-refractivity contribution >= 4 is 23.2 Å². The Morgan fingerprint density at radius 3 is 2.74 bits per heavy atom. The molecule has 0 atom stereocenters. The number of thiophene rings is 1. The average molecular weight is 329 g/mol. The molecule has 1 aliphatic carbocycles. The molecule has 0 bridgehead atoms. The van der Waals surface area contributed by atoms with Gasteiger partial charge < -0.3 is 10.1 Å². The first-order chi connectivity index (χ1) is 11.0. The summed E-state index contributed by atoms with van der Waals surface area (Å²) >= 11 is 1.50. The molecule has 0 fully saturated rings. The van der Waals surface area contributed by atoms with Crippen LogP contribution in [0.1, 0.15) is 31.9 Å². The number of methoxy groups -OCH3 is 1. The molecule has 1 amide bonds. The second-order valence-electron chi connectivity index (χ2n) is 5.83. The number of nitrogens with one attached hydrogen (secondary N) is 1. The first-order valence-corrected chi connectivity index (χ1v) is 8.39. The van der Waals surface area contributed by atoms with Crippen LogP contribution in [0.4, 0.5) is 0 Å². The van der Waals surface area contributed by atoms with E-state index in [-0.39, 0.29) is 12.5 Å². The van der Waals surface area contributed by atoms with Gasteiger partial charge in [-0.15, -0.1) is 11.3 Å². The molecule has 23 heavy (non-hydrogen) atoms. The lowest BCUT2D eigenvalue weighted by atomic mass is 9.87. The van der Waals surface area contributed by atoms with E-state index in [4.69, 9.17) is 0 Å². The topological polar surface area (TPSA) is 55.4 Å². The molecule has 3 rings (SSSR count). The SMILES string of the molecule is COC(=O)CNC(=O)c1cc2c(s1)-c1cc(C)cc(C)c1CC2. The lowest BCUT2D eigenvalue weighted by Gasteiger charge is -2.19. The zero-order valence-electron chi connectivity index (χ0n) is 13.5. The van der Waals surface area contributed by atoms with Crippen LogP contribution >= 0.6 is 11.3 Å². The van der Waals surface area contributed by atoms with Crippen molar-refractivity contribution in [2.24, 2.45) is 0 Å². The maximum atomic E-state index is 12.2. The van der Waals surface area contributed by atoms with Crippen LogP contribution in [-0.2, 0) is 22.4 Å². The first-order valence-electron chi connectivity index (χ1n) is 7.58. The number of esters is 1. The summed E-state index contributed by atoms with van der Waals surface area (Å²) in [5.41, 5.74) is 6.40. The lowest BCUT2D eigenvalue weighted by Crippen LogP contribution is -2.29. The molecule has 5 heteroatoms. The van der Waals surface area contributed by atoms with Crippen LogP contribution in [0, 0.1) is 13.8 Å². The van der Waals surface area contributed by atoms with Crippen molar-refractivity contribution in [1.29, 1.82) is 0 Å². The molecule has 1 aromatic carbocycles. The number of rotatable bonds is 3. The molecule has 1 aliphatic rings. The maximum absolute atomic E-state index is 12.2. The van der Waals surface area contributed by atoms with Gasteiger partial charge in [0, 0.05) is 4.88 Å². The van der Waals surface area contributed by atoms with Crippen LogP contribution in [0.25, 0.3) is 10.4 Å². The molecule has 4 nitrogen and oxygen atoms in total. The van der Waals surface area contributed by atoms with E-state index in [1.807, 2.05) is 6.07 Å². The van der Waals surface area contributed by atoms with Gasteiger partial charge in [0.15, 0.2) is 0 Å². The maximum Gasteiger partial charge on any atom is 0.325 e. The number of amides is 1. The summed E-state index contributed by atoms with van der Waals surface area (Å²) in [5.74, 6) is -0.669. The molecule has 0 aliphatic heterocycles. The van der Waals surface area contributed by atoms with Crippen LogP contribution in [0.5, 0.6) is 0 Å². The number of hydrogen-bond donors (Lipinski definition) is 1. The second-order valence-corrected chi connectivity index (χ2v) is 6.88. The number of ether oxygens (including phenoxy) is 1. The van der Waals surface area contributed by atoms with Gasteiger partial charge in [-0.2, -0.15) is 0 Å². The van der Waals surface area contributed by atoms with Crippen molar-refractivity contribution in [3.8, 4) is 10.4 Å². The number of hydrogen-bond acceptors (Lipinski definition) is 4. The zero-order chi connectivity index (χ0) is 16.6. The Kier molecular flexibility index (Phi) is 4.22. The van der Waals surface area contributed by atoms with E-state index in [1.165, 1.54) is 51.1 Å². The highest BCUT2D eigenvalue weighted by Crippen LogP contribution is 2.41. The Hall–Kier alpha value is -2.14. The third-order valence-corrected chi connectivity index (χ3v) is 5.37. The zero-order valence-corrected chi connectivity index (χ0v) is 14.3. The molecule has 0 saturated carbocycles. The van der Waals surface area contributed by atoms with E-state index in [1.54, 1.807) is 0 Å². The highest BCUT2D eigenvalue weighted by atomic mass is 32.1. The third kappa shape index (κ3) is 3.01. The number of carbonyl (C=O) groups excluding carboxylic acids is 2. The van der Waals surface area contributed by atoms with Crippen molar-refractivity contribution in [2.45, 2.75) is 26.7 Å². The minimum absolute atomic E-state index is 0.104. The predicted octanol–water partition coefficient (Wildman–Crippen LogP) is 3.03. The van der Waals surface area contributed by atoms with Gasteiger partial charge in [0.25, 0.3) is 5.91 Å². The highest BCUT2D eigenvalue weighted by molar-refractivity contribution is 7.17. The Morgan fingerprint density at radius 1 is 1.22 bits per heavy atom. The van der Waals surface area contributed by atoms with Crippen LogP contribution < -0.4 is 5.32 Å². The number of benzene rings is 1. The summed E-state index contributed by atoms with van der Waals surface area (Å²) in [5, 5.41) is 2.60. The van der Waals surface area contributed by atoms with E-state index in [0.29, 0.717) is 4.88 Å². The fourth-order valence-electron chi connectivity index (χ4n) is 3.06. The Morgan fingerprint density at radius 2 is 2.00 bits per heavy atom. The Labute approximate surface area is 139 Å². The van der Waals surface area contributed by atoms with Gasteiger partial charge in [-0.05, 0) is 55.0 Å². The van der Waals surface area contributed by atoms with Gasteiger partial charge in [0.1, 0.15) is 6.54 Å². The van der Waals surface area contributed by atoms with E-state index in [9.17, 15) is 9.59 Å². The monoisotopic (exact) mass is 329 g/mol. The summed E-state index contributed by atoms with van der Waals surface area (Å²) in [7, 11) is 1.31. The fourth-order valence-corrected chi connectivity index (χ4v) is 4.23. The van der Waals surface area contributed by atoms with E-state index in [0.717, 1.165) is 12.8 Å². The lowest BCUT2D eigenvalue weighted by molar-refractivity contribution is -0.139. The van der Waals surface area contributed by atoms with Gasteiger partial charge in [0.05, 0.1) is 12.0 Å². The van der Waals surface area contributed by atoms with Gasteiger partial charge in [-0.3, -0.25) is 9.59 Å². The second kappa shape index (κ2) is 6.16. The normalized spacial score (nSPS) is 12.3. The molecule has 0 unspecified atom stereocenters. The molecule has 1 aromatic heterocycles. The molecule has 120 valence electrons. The molecule has 1 N–H and O–H groups in total. The van der Waals surface area contributed by atoms with Crippen molar-refractivity contribution in [2.75, 3.05) is 13.7 Å². The highest BCUT2D eigenvalue weighted by Gasteiger charge is 2.23. The summed E-state index contributed by atoms with van der Waals surface area (Å²) in [4.78, 5) is 25.2. The first kappa shape index (κ1) is 15.7. The molecular weight excluding hydrogens is 310 g/mol. The summed E-state index contributed by atoms with van der Waals surface area (Å²) in [6.45, 7) is 4.14. The molecular formula is C18H19NO3S. The smallest absolute Gasteiger partial charge is 0.325 e. The van der Waals surface area contributed by atoms with Crippen molar-refractivity contribution < 1.29 is 14.3 Å². The van der Waals surface area contributed by atoms with Crippen LogP contribution in [0.3, 0.4) is 0 Å². The van der Waals surface area contributed by atoms with Gasteiger partial charge >= 0.3 is 5.97 Å². The van der Waals surface area contributed by atoms with Gasteiger partial charge in [-0.25, -0.2) is 0 Å². The van der Waals surface area contributed by atoms with Gasteiger partial charge in [0.2, 0.25) is 0 Å². The van der Waals surface area contributed by atoms with Crippen LogP contribution in [-0.4, -0.2) is 25.5 Å². The van der Waals surface area contributed by atoms with Crippen molar-refractivity contribution in [3.05, 3.63) is 45.3 Å². The predicted molar refractivity (Wildman–Crippen MR) is 91.0 cm³/mol.